The number of para-hydroxylation sites is 1. The van der Waals surface area contributed by atoms with E-state index in [2.05, 4.69) is 15.6 Å². The van der Waals surface area contributed by atoms with Gasteiger partial charge in [-0.15, -0.1) is 0 Å². The first-order valence-electron chi connectivity index (χ1n) is 9.76. The van der Waals surface area contributed by atoms with E-state index in [1.54, 1.807) is 43.3 Å². The lowest BCUT2D eigenvalue weighted by atomic mass is 10.2. The number of nitrogens with zero attached hydrogens (tertiary/aromatic N) is 2. The summed E-state index contributed by atoms with van der Waals surface area (Å²) in [5.41, 5.74) is 0.903. The van der Waals surface area contributed by atoms with Crippen molar-refractivity contribution in [2.45, 2.75) is 6.92 Å². The summed E-state index contributed by atoms with van der Waals surface area (Å²) >= 11 is 0.935. The molecule has 2 amide bonds. The van der Waals surface area contributed by atoms with Gasteiger partial charge in [-0.2, -0.15) is 0 Å². The first kappa shape index (κ1) is 21.9. The number of carbonyl (C=O) groups is 3. The van der Waals surface area contributed by atoms with Gasteiger partial charge in [-0.1, -0.05) is 35.6 Å². The third-order valence-corrected chi connectivity index (χ3v) is 5.68. The lowest BCUT2D eigenvalue weighted by Gasteiger charge is -2.09. The number of esters is 1. The van der Waals surface area contributed by atoms with Crippen molar-refractivity contribution in [1.29, 1.82) is 0 Å². The van der Waals surface area contributed by atoms with E-state index >= 15 is 0 Å². The normalized spacial score (nSPS) is 10.6. The minimum atomic E-state index is -0.700. The summed E-state index contributed by atoms with van der Waals surface area (Å²) in [6.07, 6.45) is 0. The van der Waals surface area contributed by atoms with Crippen molar-refractivity contribution in [2.75, 3.05) is 17.7 Å². The molecule has 0 atom stereocenters. The molecule has 33 heavy (non-hydrogen) atoms. The van der Waals surface area contributed by atoms with Gasteiger partial charge in [-0.05, 0) is 37.3 Å². The highest BCUT2D eigenvalue weighted by Crippen LogP contribution is 2.24. The van der Waals surface area contributed by atoms with Crippen molar-refractivity contribution in [2.24, 2.45) is 0 Å². The van der Waals surface area contributed by atoms with E-state index in [0.717, 1.165) is 15.7 Å². The number of fused-ring (bicyclic) bond motifs is 1. The maximum absolute atomic E-state index is 13.3. The van der Waals surface area contributed by atoms with E-state index in [1.807, 2.05) is 6.07 Å². The third kappa shape index (κ3) is 4.51. The van der Waals surface area contributed by atoms with E-state index in [4.69, 9.17) is 4.74 Å². The lowest BCUT2D eigenvalue weighted by Crippen LogP contribution is -2.25. The van der Waals surface area contributed by atoms with Crippen LogP contribution in [0.25, 0.3) is 4.96 Å². The van der Waals surface area contributed by atoms with Gasteiger partial charge in [0.2, 0.25) is 0 Å². The predicted molar refractivity (Wildman–Crippen MR) is 124 cm³/mol. The minimum Gasteiger partial charge on any atom is -0.465 e. The van der Waals surface area contributed by atoms with Gasteiger partial charge in [0.1, 0.15) is 10.6 Å². The number of hydrogen-bond acceptors (Lipinski definition) is 7. The smallest absolute Gasteiger partial charge is 0.337 e. The summed E-state index contributed by atoms with van der Waals surface area (Å²) in [6, 6.07) is 16.2. The summed E-state index contributed by atoms with van der Waals surface area (Å²) in [4.78, 5) is 55.4. The van der Waals surface area contributed by atoms with Crippen molar-refractivity contribution >= 4 is 45.5 Å². The molecule has 2 N–H and O–H groups in total. The SMILES string of the molecule is COC(=O)c1cccc(NC(=O)c2c(C(=O)Nc3ccccc3)sc3nc(C)cc(=O)n23)c1. The molecule has 0 radical (unpaired) electrons. The van der Waals surface area contributed by atoms with Crippen LogP contribution in [0.15, 0.2) is 65.5 Å². The molecule has 166 valence electrons. The molecule has 2 aromatic heterocycles. The number of amides is 2. The van der Waals surface area contributed by atoms with Crippen LogP contribution in [0.2, 0.25) is 0 Å². The van der Waals surface area contributed by atoms with E-state index in [9.17, 15) is 19.2 Å². The molecule has 2 heterocycles. The van der Waals surface area contributed by atoms with Crippen LogP contribution >= 0.6 is 11.3 Å². The van der Waals surface area contributed by atoms with Gasteiger partial charge in [0.25, 0.3) is 17.4 Å². The molecule has 0 aliphatic rings. The fraction of sp³-hybridized carbons (Fsp3) is 0.0870. The van der Waals surface area contributed by atoms with Crippen LogP contribution in [-0.4, -0.2) is 34.3 Å². The van der Waals surface area contributed by atoms with Crippen LogP contribution in [0.5, 0.6) is 0 Å². The van der Waals surface area contributed by atoms with Crippen molar-refractivity contribution in [1.82, 2.24) is 9.38 Å². The van der Waals surface area contributed by atoms with Crippen molar-refractivity contribution in [3.05, 3.63) is 92.8 Å². The number of methoxy groups -OCH3 is 1. The van der Waals surface area contributed by atoms with Gasteiger partial charge in [0.15, 0.2) is 4.96 Å². The standard InChI is InChI=1S/C23H18N4O5S/c1-13-11-17(28)27-18(20(29)26-16-10-6-7-14(12-16)22(31)32-2)19(33-23(27)24-13)21(30)25-15-8-4-3-5-9-15/h3-12H,1-2H3,(H,25,30)(H,26,29). The number of benzene rings is 2. The zero-order valence-electron chi connectivity index (χ0n) is 17.6. The average Bonchev–Trinajstić information content (AvgIpc) is 3.19. The Morgan fingerprint density at radius 3 is 2.36 bits per heavy atom. The molecule has 0 spiro atoms. The minimum absolute atomic E-state index is 0.0238. The molecule has 0 unspecified atom stereocenters. The fourth-order valence-corrected chi connectivity index (χ4v) is 4.26. The van der Waals surface area contributed by atoms with Gasteiger partial charge in [-0.25, -0.2) is 14.2 Å². The Bertz CT molecular complexity index is 1440. The predicted octanol–water partition coefficient (Wildman–Crippen LogP) is 3.36. The average molecular weight is 462 g/mol. The second kappa shape index (κ2) is 9.05. The van der Waals surface area contributed by atoms with Crippen LogP contribution in [0.1, 0.15) is 36.2 Å². The largest absolute Gasteiger partial charge is 0.465 e. The molecule has 0 saturated carbocycles. The number of thiazole rings is 1. The third-order valence-electron chi connectivity index (χ3n) is 4.64. The van der Waals surface area contributed by atoms with E-state index < -0.39 is 23.3 Å². The van der Waals surface area contributed by atoms with Gasteiger partial charge in [0.05, 0.1) is 12.7 Å². The highest BCUT2D eigenvalue weighted by molar-refractivity contribution is 7.19. The zero-order chi connectivity index (χ0) is 23.5. The second-order valence-corrected chi connectivity index (χ2v) is 7.96. The first-order valence-corrected chi connectivity index (χ1v) is 10.6. The lowest BCUT2D eigenvalue weighted by molar-refractivity contribution is 0.0600. The van der Waals surface area contributed by atoms with Crippen molar-refractivity contribution < 1.29 is 19.1 Å². The molecule has 0 saturated heterocycles. The van der Waals surface area contributed by atoms with Gasteiger partial charge < -0.3 is 15.4 Å². The maximum Gasteiger partial charge on any atom is 0.337 e. The van der Waals surface area contributed by atoms with Gasteiger partial charge in [0, 0.05) is 23.1 Å². The molecule has 10 heteroatoms. The second-order valence-electron chi connectivity index (χ2n) is 6.98. The van der Waals surface area contributed by atoms with Crippen LogP contribution in [0.3, 0.4) is 0 Å². The maximum atomic E-state index is 13.3. The molecule has 2 aromatic carbocycles. The number of anilines is 2. The van der Waals surface area contributed by atoms with Crippen molar-refractivity contribution in [3.63, 3.8) is 0 Å². The molecule has 0 aliphatic heterocycles. The first-order chi connectivity index (χ1) is 15.9. The summed E-state index contributed by atoms with van der Waals surface area (Å²) < 4.78 is 5.81. The fourth-order valence-electron chi connectivity index (χ4n) is 3.19. The summed E-state index contributed by atoms with van der Waals surface area (Å²) in [5.74, 6) is -1.82. The Morgan fingerprint density at radius 2 is 1.64 bits per heavy atom. The van der Waals surface area contributed by atoms with Gasteiger partial charge in [-0.3, -0.25) is 14.4 Å². The van der Waals surface area contributed by atoms with E-state index in [0.29, 0.717) is 17.1 Å². The number of nitrogens with one attached hydrogen (secondary N) is 2. The monoisotopic (exact) mass is 462 g/mol. The van der Waals surface area contributed by atoms with Gasteiger partial charge >= 0.3 is 5.97 Å². The molecule has 0 bridgehead atoms. The number of hydrogen-bond donors (Lipinski definition) is 2. The number of aromatic nitrogens is 2. The Kier molecular flexibility index (Phi) is 6.01. The Labute approximate surface area is 191 Å². The molecule has 4 rings (SSSR count). The summed E-state index contributed by atoms with van der Waals surface area (Å²) in [7, 11) is 1.25. The number of carbonyl (C=O) groups excluding carboxylic acids is 3. The zero-order valence-corrected chi connectivity index (χ0v) is 18.4. The molecule has 0 aliphatic carbocycles. The highest BCUT2D eigenvalue weighted by atomic mass is 32.1. The topological polar surface area (TPSA) is 119 Å². The molecule has 0 fully saturated rings. The van der Waals surface area contributed by atoms with Crippen LogP contribution in [0, 0.1) is 6.92 Å². The van der Waals surface area contributed by atoms with Crippen molar-refractivity contribution in [3.8, 4) is 0 Å². The molecule has 9 nitrogen and oxygen atoms in total. The Hall–Kier alpha value is -4.31. The quantitative estimate of drug-likeness (QED) is 0.439. The van der Waals surface area contributed by atoms with Crippen LogP contribution in [-0.2, 0) is 4.74 Å². The van der Waals surface area contributed by atoms with E-state index in [1.165, 1.54) is 25.3 Å². The Morgan fingerprint density at radius 1 is 0.939 bits per heavy atom. The summed E-state index contributed by atoms with van der Waals surface area (Å²) in [5, 5.41) is 5.38. The number of ether oxygens (including phenoxy) is 1. The van der Waals surface area contributed by atoms with Crippen LogP contribution < -0.4 is 16.2 Å². The highest BCUT2D eigenvalue weighted by Gasteiger charge is 2.26. The molecule has 4 aromatic rings. The Balaban J connectivity index is 1.77. The number of rotatable bonds is 5. The molecular formula is C23H18N4O5S. The summed E-state index contributed by atoms with van der Waals surface area (Å²) in [6.45, 7) is 1.66. The molecular weight excluding hydrogens is 444 g/mol. The number of aryl methyl sites for hydroxylation is 1. The van der Waals surface area contributed by atoms with Crippen LogP contribution in [0.4, 0.5) is 11.4 Å². The van der Waals surface area contributed by atoms with E-state index in [-0.39, 0.29) is 21.1 Å².